The van der Waals surface area contributed by atoms with Gasteiger partial charge in [0.25, 0.3) is 5.91 Å². The highest BCUT2D eigenvalue weighted by Crippen LogP contribution is 2.40. The number of carbonyl (C=O) groups excluding carboxylic acids is 3. The number of halogens is 2. The lowest BCUT2D eigenvalue weighted by atomic mass is 10.1. The number of amides is 2. The summed E-state index contributed by atoms with van der Waals surface area (Å²) in [6.45, 7) is 3.90. The third-order valence-electron chi connectivity index (χ3n) is 5.80. The Morgan fingerprint density at radius 3 is 2.76 bits per heavy atom. The first-order chi connectivity index (χ1) is 17.7. The Kier molecular flexibility index (Phi) is 8.79. The Bertz CT molecular complexity index is 1360. The van der Waals surface area contributed by atoms with Crippen molar-refractivity contribution in [1.82, 2.24) is 20.1 Å². The minimum absolute atomic E-state index is 0.117. The zero-order chi connectivity index (χ0) is 26.7. The molecule has 0 saturated carbocycles. The summed E-state index contributed by atoms with van der Waals surface area (Å²) in [4.78, 5) is 39.2. The molecule has 2 N–H and O–H groups in total. The number of hydrogen-bond donors (Lipinski definition) is 2. The van der Waals surface area contributed by atoms with Crippen LogP contribution in [-0.4, -0.2) is 44.4 Å². The predicted molar refractivity (Wildman–Crippen MR) is 145 cm³/mol. The zero-order valence-corrected chi connectivity index (χ0v) is 23.5. The fourth-order valence-corrected chi connectivity index (χ4v) is 6.47. The molecule has 13 heteroatoms. The number of hydrogen-bond acceptors (Lipinski definition) is 8. The molecule has 2 amide bonds. The van der Waals surface area contributed by atoms with Gasteiger partial charge in [0.1, 0.15) is 5.00 Å². The van der Waals surface area contributed by atoms with Gasteiger partial charge in [-0.15, -0.1) is 21.5 Å². The average Bonchev–Trinajstić information content (AvgIpc) is 3.53. The van der Waals surface area contributed by atoms with E-state index in [4.69, 9.17) is 27.9 Å². The van der Waals surface area contributed by atoms with E-state index in [1.165, 1.54) is 29.2 Å². The number of fused-ring (bicyclic) bond motifs is 1. The molecule has 0 saturated heterocycles. The zero-order valence-electron chi connectivity index (χ0n) is 20.4. The third kappa shape index (κ3) is 6.11. The smallest absolute Gasteiger partial charge is 0.341 e. The van der Waals surface area contributed by atoms with E-state index in [1.54, 1.807) is 37.6 Å². The Hall–Kier alpha value is -2.60. The number of nitrogens with zero attached hydrogens (tertiary/aromatic N) is 3. The lowest BCUT2D eigenvalue weighted by Gasteiger charge is -2.12. The van der Waals surface area contributed by atoms with Crippen molar-refractivity contribution in [2.45, 2.75) is 50.1 Å². The first-order valence-electron chi connectivity index (χ1n) is 11.6. The molecule has 4 rings (SSSR count). The highest BCUT2D eigenvalue weighted by atomic mass is 35.5. The summed E-state index contributed by atoms with van der Waals surface area (Å²) in [5.74, 6) is -0.525. The number of ether oxygens (including phenoxy) is 1. The van der Waals surface area contributed by atoms with Gasteiger partial charge in [-0.25, -0.2) is 4.79 Å². The van der Waals surface area contributed by atoms with E-state index in [2.05, 4.69) is 20.8 Å². The van der Waals surface area contributed by atoms with Gasteiger partial charge >= 0.3 is 5.97 Å². The molecule has 0 aliphatic heterocycles. The van der Waals surface area contributed by atoms with Gasteiger partial charge < -0.3 is 19.9 Å². The first-order valence-corrected chi connectivity index (χ1v) is 14.1. The molecule has 1 aliphatic rings. The number of thioether (sulfide) groups is 1. The van der Waals surface area contributed by atoms with Crippen molar-refractivity contribution in [3.8, 4) is 0 Å². The molecule has 37 heavy (non-hydrogen) atoms. The van der Waals surface area contributed by atoms with Crippen molar-refractivity contribution < 1.29 is 19.1 Å². The standard InChI is InChI=1S/C24H25Cl2N5O4S2/c1-4-35-23(34)19-15-6-5-7-17(15)37-22(19)28-20(32)12(2)36-24-30-29-18(31(24)3)11-27-21(33)14-9-8-13(25)10-16(14)26/h8-10,12H,4-7,11H2,1-3H3,(H,27,33)(H,28,32)/t12-/m1/s1. The van der Waals surface area contributed by atoms with E-state index in [-0.39, 0.29) is 30.0 Å². The number of aryl methyl sites for hydroxylation is 1. The second kappa shape index (κ2) is 11.8. The van der Waals surface area contributed by atoms with Crippen LogP contribution in [-0.2, 0) is 36.0 Å². The van der Waals surface area contributed by atoms with Gasteiger partial charge in [-0.1, -0.05) is 35.0 Å². The highest BCUT2D eigenvalue weighted by Gasteiger charge is 2.29. The van der Waals surface area contributed by atoms with Crippen LogP contribution in [0, 0.1) is 0 Å². The number of nitrogens with one attached hydrogen (secondary N) is 2. The van der Waals surface area contributed by atoms with Crippen molar-refractivity contribution >= 4 is 69.1 Å². The van der Waals surface area contributed by atoms with Gasteiger partial charge in [-0.2, -0.15) is 0 Å². The number of carbonyl (C=O) groups is 3. The Morgan fingerprint density at radius 2 is 2.03 bits per heavy atom. The van der Waals surface area contributed by atoms with Crippen LogP contribution in [0.4, 0.5) is 5.00 Å². The monoisotopic (exact) mass is 581 g/mol. The Labute approximate surface area is 232 Å². The topological polar surface area (TPSA) is 115 Å². The van der Waals surface area contributed by atoms with Gasteiger partial charge in [-0.05, 0) is 56.9 Å². The average molecular weight is 583 g/mol. The van der Waals surface area contributed by atoms with Crippen LogP contribution < -0.4 is 10.6 Å². The van der Waals surface area contributed by atoms with E-state index in [9.17, 15) is 14.4 Å². The SMILES string of the molecule is CCOC(=O)c1c(NC(=O)[C@@H](C)Sc2nnc(CNC(=O)c3ccc(Cl)cc3Cl)n2C)sc2c1CCC2. The summed E-state index contributed by atoms with van der Waals surface area (Å²) < 4.78 is 6.94. The maximum absolute atomic E-state index is 13.0. The van der Waals surface area contributed by atoms with Crippen molar-refractivity contribution in [2.75, 3.05) is 11.9 Å². The summed E-state index contributed by atoms with van der Waals surface area (Å²) in [5, 5.41) is 15.2. The molecule has 0 fully saturated rings. The summed E-state index contributed by atoms with van der Waals surface area (Å²) in [7, 11) is 1.76. The summed E-state index contributed by atoms with van der Waals surface area (Å²) >= 11 is 14.7. The molecule has 2 aromatic heterocycles. The van der Waals surface area contributed by atoms with Crippen LogP contribution in [0.2, 0.25) is 10.0 Å². The van der Waals surface area contributed by atoms with E-state index in [0.29, 0.717) is 32.1 Å². The molecule has 0 unspecified atom stereocenters. The molecule has 2 heterocycles. The van der Waals surface area contributed by atoms with E-state index >= 15 is 0 Å². The molecule has 3 aromatic rings. The van der Waals surface area contributed by atoms with Crippen molar-refractivity contribution in [3.05, 3.63) is 55.6 Å². The molecular formula is C24H25Cl2N5O4S2. The third-order valence-corrected chi connectivity index (χ3v) is 8.69. The Morgan fingerprint density at radius 1 is 1.24 bits per heavy atom. The number of rotatable bonds is 9. The normalized spacial score (nSPS) is 13.2. The van der Waals surface area contributed by atoms with Crippen molar-refractivity contribution in [2.24, 2.45) is 7.05 Å². The minimum atomic E-state index is -0.523. The fourth-order valence-electron chi connectivity index (χ4n) is 3.87. The highest BCUT2D eigenvalue weighted by molar-refractivity contribution is 8.00. The molecule has 1 aliphatic carbocycles. The van der Waals surface area contributed by atoms with Gasteiger partial charge in [0.2, 0.25) is 5.91 Å². The van der Waals surface area contributed by atoms with Crippen LogP contribution in [0.15, 0.2) is 23.4 Å². The maximum Gasteiger partial charge on any atom is 0.341 e. The molecule has 9 nitrogen and oxygen atoms in total. The van der Waals surface area contributed by atoms with Gasteiger partial charge in [0, 0.05) is 16.9 Å². The predicted octanol–water partition coefficient (Wildman–Crippen LogP) is 4.90. The first kappa shape index (κ1) is 27.4. The molecule has 196 valence electrons. The van der Waals surface area contributed by atoms with Gasteiger partial charge in [0.05, 0.1) is 34.6 Å². The van der Waals surface area contributed by atoms with Crippen molar-refractivity contribution in [1.29, 1.82) is 0 Å². The fraction of sp³-hybridized carbons (Fsp3) is 0.375. The summed E-state index contributed by atoms with van der Waals surface area (Å²) in [5.41, 5.74) is 1.76. The second-order valence-corrected chi connectivity index (χ2v) is 11.6. The largest absolute Gasteiger partial charge is 0.462 e. The number of thiophene rings is 1. The summed E-state index contributed by atoms with van der Waals surface area (Å²) in [6.07, 6.45) is 2.70. The molecule has 1 atom stereocenters. The van der Waals surface area contributed by atoms with Crippen LogP contribution in [0.5, 0.6) is 0 Å². The number of benzene rings is 1. The molecule has 0 spiro atoms. The van der Waals surface area contributed by atoms with Gasteiger partial charge in [-0.3, -0.25) is 9.59 Å². The van der Waals surface area contributed by atoms with E-state index in [0.717, 1.165) is 29.7 Å². The molecule has 0 bridgehead atoms. The van der Waals surface area contributed by atoms with E-state index in [1.807, 2.05) is 0 Å². The Balaban J connectivity index is 1.39. The lowest BCUT2D eigenvalue weighted by molar-refractivity contribution is -0.115. The van der Waals surface area contributed by atoms with Crippen molar-refractivity contribution in [3.63, 3.8) is 0 Å². The van der Waals surface area contributed by atoms with Crippen LogP contribution >= 0.6 is 46.3 Å². The van der Waals surface area contributed by atoms with Crippen LogP contribution in [0.25, 0.3) is 0 Å². The number of anilines is 1. The van der Waals surface area contributed by atoms with Crippen LogP contribution in [0.3, 0.4) is 0 Å². The molecule has 0 radical (unpaired) electrons. The quantitative estimate of drug-likeness (QED) is 0.273. The van der Waals surface area contributed by atoms with Crippen LogP contribution in [0.1, 0.15) is 57.2 Å². The number of aromatic nitrogens is 3. The maximum atomic E-state index is 13.0. The molecular weight excluding hydrogens is 557 g/mol. The van der Waals surface area contributed by atoms with Gasteiger partial charge in [0.15, 0.2) is 11.0 Å². The summed E-state index contributed by atoms with van der Waals surface area (Å²) in [6, 6.07) is 4.64. The number of esters is 1. The van der Waals surface area contributed by atoms with E-state index < -0.39 is 11.2 Å². The lowest BCUT2D eigenvalue weighted by Crippen LogP contribution is -2.25. The minimum Gasteiger partial charge on any atom is -0.462 e. The second-order valence-electron chi connectivity index (χ2n) is 8.30. The molecule has 1 aromatic carbocycles.